The molecule has 2 atom stereocenters. The molecule has 0 saturated carbocycles. The van der Waals surface area contributed by atoms with Crippen LogP contribution in [0.25, 0.3) is 0 Å². The number of alkyl halides is 6. The van der Waals surface area contributed by atoms with Crippen LogP contribution < -0.4 is 0 Å². The summed E-state index contributed by atoms with van der Waals surface area (Å²) in [5.41, 5.74) is -7.81. The quantitative estimate of drug-likeness (QED) is 0.191. The summed E-state index contributed by atoms with van der Waals surface area (Å²) in [6, 6.07) is 6.91. The summed E-state index contributed by atoms with van der Waals surface area (Å²) in [6.07, 6.45) is -12.4. The number of amides is 3. The number of nitrogens with zero attached hydrogens (tertiary/aromatic N) is 3. The third kappa shape index (κ3) is 7.35. The molecule has 2 aliphatic rings. The highest BCUT2D eigenvalue weighted by atomic mass is 79.9. The van der Waals surface area contributed by atoms with Gasteiger partial charge in [0.15, 0.2) is 9.84 Å². The van der Waals surface area contributed by atoms with Gasteiger partial charge in [0, 0.05) is 63.2 Å². The van der Waals surface area contributed by atoms with Gasteiger partial charge in [0.2, 0.25) is 5.91 Å². The molecule has 0 unspecified atom stereocenters. The first-order chi connectivity index (χ1) is 24.2. The van der Waals surface area contributed by atoms with E-state index in [0.29, 0.717) is 24.3 Å². The smallest absolute Gasteiger partial charge is 0.349 e. The number of carbonyl (C=O) groups is 2. The second kappa shape index (κ2) is 14.5. The summed E-state index contributed by atoms with van der Waals surface area (Å²) < 4.78 is 162. The Morgan fingerprint density at radius 1 is 0.788 bits per heavy atom. The van der Waals surface area contributed by atoms with Gasteiger partial charge in [-0.3, -0.25) is 4.79 Å². The van der Waals surface area contributed by atoms with Crippen LogP contribution in [0.3, 0.4) is 0 Å². The molecule has 2 saturated heterocycles. The molecule has 0 N–H and O–H groups in total. The average Bonchev–Trinajstić information content (AvgIpc) is 3.53. The van der Waals surface area contributed by atoms with Gasteiger partial charge in [-0.05, 0) is 51.8 Å². The first kappa shape index (κ1) is 39.4. The number of piperazine rings is 1. The zero-order chi connectivity index (χ0) is 38.4. The van der Waals surface area contributed by atoms with Crippen LogP contribution in [0, 0.1) is 17.5 Å². The molecular formula is C33H29BrF9N3O5S. The molecule has 2 aliphatic heterocycles. The molecule has 8 nitrogen and oxygen atoms in total. The Morgan fingerprint density at radius 3 is 1.87 bits per heavy atom. The van der Waals surface area contributed by atoms with Crippen LogP contribution in [0.5, 0.6) is 0 Å². The standard InChI is InChI=1S/C33H29BrF9N3O5S/c1-19(47)44-11-13-45(14-12-44)30(48)46-16-23(29(17-46)52(49,50)22-9-10-28(37)25(34)15-22)20-5-7-21(8-6-20)31(32(38,39)40,33(41,42)43)51-18-24-26(35)3-2-4-27(24)36/h2-10,15,23,29H,11-14,16-18H2,1H3/t23-,29+/m0/s1. The van der Waals surface area contributed by atoms with Crippen molar-refractivity contribution < 1.29 is 62.3 Å². The second-order valence-electron chi connectivity index (χ2n) is 12.2. The Labute approximate surface area is 300 Å². The van der Waals surface area contributed by atoms with E-state index in [1.54, 1.807) is 0 Å². The number of halogens is 10. The number of carbonyl (C=O) groups excluding carboxylic acids is 2. The molecule has 0 radical (unpaired) electrons. The highest BCUT2D eigenvalue weighted by molar-refractivity contribution is 9.10. The number of urea groups is 1. The number of ether oxygens (including phenoxy) is 1. The minimum Gasteiger partial charge on any atom is -0.349 e. The molecule has 0 bridgehead atoms. The van der Waals surface area contributed by atoms with Gasteiger partial charge >= 0.3 is 18.4 Å². The normalized spacial score (nSPS) is 18.9. The van der Waals surface area contributed by atoms with Gasteiger partial charge in [0.25, 0.3) is 5.60 Å². The summed E-state index contributed by atoms with van der Waals surface area (Å²) in [7, 11) is -4.44. The van der Waals surface area contributed by atoms with E-state index >= 15 is 0 Å². The molecule has 3 aromatic carbocycles. The van der Waals surface area contributed by atoms with Crippen LogP contribution in [0.1, 0.15) is 29.5 Å². The maximum atomic E-state index is 14.5. The van der Waals surface area contributed by atoms with Crippen LogP contribution in [-0.2, 0) is 31.6 Å². The Kier molecular flexibility index (Phi) is 11.0. The Bertz CT molecular complexity index is 1900. The van der Waals surface area contributed by atoms with Crippen molar-refractivity contribution in [2.24, 2.45) is 0 Å². The molecule has 282 valence electrons. The Balaban J connectivity index is 1.53. The Hall–Kier alpha value is -3.84. The summed E-state index contributed by atoms with van der Waals surface area (Å²) in [4.78, 5) is 29.0. The van der Waals surface area contributed by atoms with Crippen molar-refractivity contribution in [3.05, 3.63) is 99.3 Å². The fourth-order valence-corrected chi connectivity index (χ4v) is 8.83. The summed E-state index contributed by atoms with van der Waals surface area (Å²) in [6.45, 7) is -0.526. The highest BCUT2D eigenvalue weighted by Gasteiger charge is 2.73. The molecule has 0 aliphatic carbocycles. The van der Waals surface area contributed by atoms with E-state index in [9.17, 15) is 57.5 Å². The molecule has 2 fully saturated rings. The third-order valence-corrected chi connectivity index (χ3v) is 12.0. The van der Waals surface area contributed by atoms with Crippen molar-refractivity contribution in [3.8, 4) is 0 Å². The lowest BCUT2D eigenvalue weighted by atomic mass is 9.88. The fraction of sp³-hybridized carbons (Fsp3) is 0.394. The lowest BCUT2D eigenvalue weighted by molar-refractivity contribution is -0.392. The number of rotatable bonds is 7. The van der Waals surface area contributed by atoms with Crippen molar-refractivity contribution >= 4 is 37.7 Å². The monoisotopic (exact) mass is 829 g/mol. The minimum atomic E-state index is -6.21. The third-order valence-electron chi connectivity index (χ3n) is 9.19. The van der Waals surface area contributed by atoms with Crippen LogP contribution in [0.2, 0.25) is 0 Å². The van der Waals surface area contributed by atoms with Crippen LogP contribution >= 0.6 is 15.9 Å². The average molecular weight is 831 g/mol. The summed E-state index contributed by atoms with van der Waals surface area (Å²) in [5.74, 6) is -5.06. The van der Waals surface area contributed by atoms with E-state index in [-0.39, 0.29) is 53.6 Å². The second-order valence-corrected chi connectivity index (χ2v) is 15.3. The molecule has 19 heteroatoms. The van der Waals surface area contributed by atoms with Gasteiger partial charge in [-0.15, -0.1) is 0 Å². The zero-order valence-electron chi connectivity index (χ0n) is 26.9. The van der Waals surface area contributed by atoms with Crippen LogP contribution in [0.4, 0.5) is 44.3 Å². The van der Waals surface area contributed by atoms with Gasteiger partial charge < -0.3 is 19.4 Å². The van der Waals surface area contributed by atoms with Crippen molar-refractivity contribution in [2.75, 3.05) is 39.3 Å². The van der Waals surface area contributed by atoms with Gasteiger partial charge in [0.05, 0.1) is 21.2 Å². The van der Waals surface area contributed by atoms with Gasteiger partial charge in [-0.2, -0.15) is 26.3 Å². The first-order valence-electron chi connectivity index (χ1n) is 15.5. The van der Waals surface area contributed by atoms with E-state index in [1.165, 1.54) is 21.6 Å². The van der Waals surface area contributed by atoms with Gasteiger partial charge in [-0.25, -0.2) is 26.4 Å². The summed E-state index contributed by atoms with van der Waals surface area (Å²) in [5, 5.41) is -1.49. The van der Waals surface area contributed by atoms with Gasteiger partial charge in [0.1, 0.15) is 17.5 Å². The first-order valence-corrected chi connectivity index (χ1v) is 17.8. The van der Waals surface area contributed by atoms with Crippen molar-refractivity contribution in [1.82, 2.24) is 14.7 Å². The zero-order valence-corrected chi connectivity index (χ0v) is 29.4. The predicted octanol–water partition coefficient (Wildman–Crippen LogP) is 6.93. The lowest BCUT2D eigenvalue weighted by Crippen LogP contribution is -2.55. The molecule has 5 rings (SSSR count). The van der Waals surface area contributed by atoms with E-state index in [4.69, 9.17) is 0 Å². The topological polar surface area (TPSA) is 87.2 Å². The molecule has 3 amide bonds. The highest BCUT2D eigenvalue weighted by Crippen LogP contribution is 2.53. The fourth-order valence-electron chi connectivity index (χ4n) is 6.36. The Morgan fingerprint density at radius 2 is 1.35 bits per heavy atom. The van der Waals surface area contributed by atoms with Crippen LogP contribution in [-0.4, -0.2) is 91.9 Å². The van der Waals surface area contributed by atoms with E-state index in [0.717, 1.165) is 36.4 Å². The van der Waals surface area contributed by atoms with E-state index in [1.807, 2.05) is 0 Å². The molecule has 52 heavy (non-hydrogen) atoms. The molecule has 3 aromatic rings. The lowest BCUT2D eigenvalue weighted by Gasteiger charge is -2.37. The van der Waals surface area contributed by atoms with Crippen molar-refractivity contribution in [2.45, 2.75) is 47.5 Å². The van der Waals surface area contributed by atoms with E-state index < -0.39 is 86.7 Å². The molecule has 0 spiro atoms. The maximum Gasteiger partial charge on any atom is 0.430 e. The number of hydrogen-bond donors (Lipinski definition) is 0. The minimum absolute atomic E-state index is 0.0615. The van der Waals surface area contributed by atoms with Crippen molar-refractivity contribution in [3.63, 3.8) is 0 Å². The van der Waals surface area contributed by atoms with Crippen LogP contribution in [0.15, 0.2) is 70.0 Å². The molecular weight excluding hydrogens is 801 g/mol. The molecule has 2 heterocycles. The number of hydrogen-bond acceptors (Lipinski definition) is 5. The van der Waals surface area contributed by atoms with Gasteiger partial charge in [-0.1, -0.05) is 30.3 Å². The largest absolute Gasteiger partial charge is 0.430 e. The maximum absolute atomic E-state index is 14.5. The number of sulfone groups is 1. The molecule has 0 aromatic heterocycles. The summed E-state index contributed by atoms with van der Waals surface area (Å²) >= 11 is 2.93. The van der Waals surface area contributed by atoms with Crippen molar-refractivity contribution in [1.29, 1.82) is 0 Å². The van der Waals surface area contributed by atoms with E-state index in [2.05, 4.69) is 20.7 Å². The number of likely N-dealkylation sites (tertiary alicyclic amines) is 1. The predicted molar refractivity (Wildman–Crippen MR) is 170 cm³/mol. The number of benzene rings is 3. The SMILES string of the molecule is CC(=O)N1CCN(C(=O)N2C[C@@H](S(=O)(=O)c3ccc(F)c(Br)c3)[C@H](c3ccc(C(OCc4c(F)cccc4F)(C(F)(F)F)C(F)(F)F)cc3)C2)CC1.